The van der Waals surface area contributed by atoms with E-state index in [-0.39, 0.29) is 0 Å². The summed E-state index contributed by atoms with van der Waals surface area (Å²) in [5.74, 6) is -0.180. The average Bonchev–Trinajstić information content (AvgIpc) is 1.82. The highest BCUT2D eigenvalue weighted by atomic mass is 16.6. The summed E-state index contributed by atoms with van der Waals surface area (Å²) in [6.07, 6.45) is -1.28. The zero-order valence-electron chi connectivity index (χ0n) is 7.14. The van der Waals surface area contributed by atoms with Crippen molar-refractivity contribution in [3.8, 4) is 0 Å². The molecular weight excluding hydrogens is 160 g/mol. The molecule has 3 N–H and O–H groups in total. The van der Waals surface area contributed by atoms with Gasteiger partial charge in [0.1, 0.15) is 0 Å². The largest absolute Gasteiger partial charge is 0.470 e. The predicted octanol–water partition coefficient (Wildman–Crippen LogP) is -0.403. The summed E-state index contributed by atoms with van der Waals surface area (Å²) in [5.41, 5.74) is 0. The first-order valence-corrected chi connectivity index (χ1v) is 3.91. The van der Waals surface area contributed by atoms with Gasteiger partial charge in [-0.15, -0.1) is 0 Å². The Morgan fingerprint density at radius 3 is 2.50 bits per heavy atom. The van der Waals surface area contributed by atoms with Crippen LogP contribution in [-0.2, 0) is 4.74 Å². The van der Waals surface area contributed by atoms with Crippen LogP contribution in [0.2, 0.25) is 0 Å². The summed E-state index contributed by atoms with van der Waals surface area (Å²) in [7, 11) is 0. The van der Waals surface area contributed by atoms with Gasteiger partial charge >= 0.3 is 0 Å². The van der Waals surface area contributed by atoms with Crippen LogP contribution in [-0.4, -0.2) is 33.8 Å². The lowest BCUT2D eigenvalue weighted by Gasteiger charge is -2.32. The van der Waals surface area contributed by atoms with Crippen LogP contribution in [0.1, 0.15) is 13.8 Å². The molecule has 1 aliphatic rings. The van der Waals surface area contributed by atoms with Crippen molar-refractivity contribution < 1.29 is 20.1 Å². The number of hydrogen-bond donors (Lipinski definition) is 3. The molecule has 1 heterocycles. The highest BCUT2D eigenvalue weighted by molar-refractivity contribution is 5.02. The molecule has 0 spiro atoms. The van der Waals surface area contributed by atoms with Crippen LogP contribution in [0.25, 0.3) is 0 Å². The van der Waals surface area contributed by atoms with E-state index in [0.717, 1.165) is 0 Å². The highest BCUT2D eigenvalue weighted by Gasteiger charge is 2.34. The molecule has 0 saturated heterocycles. The molecule has 1 rings (SSSR count). The summed E-state index contributed by atoms with van der Waals surface area (Å²) in [6.45, 7) is 3.15. The van der Waals surface area contributed by atoms with Gasteiger partial charge in [-0.25, -0.2) is 0 Å². The van der Waals surface area contributed by atoms with Gasteiger partial charge in [-0.2, -0.15) is 0 Å². The van der Waals surface area contributed by atoms with Gasteiger partial charge in [0.25, 0.3) is 0 Å². The normalized spacial score (nSPS) is 38.4. The van der Waals surface area contributed by atoms with E-state index >= 15 is 0 Å². The fraction of sp³-hybridized carbons (Fsp3) is 0.750. The first-order valence-electron chi connectivity index (χ1n) is 3.91. The zero-order valence-corrected chi connectivity index (χ0v) is 7.14. The Morgan fingerprint density at radius 1 is 1.50 bits per heavy atom. The maximum atomic E-state index is 9.40. The molecule has 4 heteroatoms. The topological polar surface area (TPSA) is 69.9 Å². The molecule has 4 unspecified atom stereocenters. The first kappa shape index (κ1) is 9.51. The van der Waals surface area contributed by atoms with Crippen molar-refractivity contribution in [1.29, 1.82) is 0 Å². The lowest BCUT2D eigenvalue weighted by Crippen LogP contribution is -2.42. The third kappa shape index (κ3) is 1.77. The summed E-state index contributed by atoms with van der Waals surface area (Å²) >= 11 is 0. The third-order valence-electron chi connectivity index (χ3n) is 1.99. The Balaban J connectivity index is 2.75. The molecule has 0 fully saturated rings. The minimum atomic E-state index is -1.12. The van der Waals surface area contributed by atoms with Crippen LogP contribution in [0.4, 0.5) is 0 Å². The van der Waals surface area contributed by atoms with E-state index in [2.05, 4.69) is 0 Å². The Labute approximate surface area is 71.1 Å². The van der Waals surface area contributed by atoms with Crippen molar-refractivity contribution in [2.24, 2.45) is 5.92 Å². The van der Waals surface area contributed by atoms with E-state index in [0.29, 0.717) is 5.76 Å². The summed E-state index contributed by atoms with van der Waals surface area (Å²) in [5, 5.41) is 27.9. The van der Waals surface area contributed by atoms with Crippen LogP contribution in [0.5, 0.6) is 0 Å². The molecule has 12 heavy (non-hydrogen) atoms. The number of hydrogen-bond acceptors (Lipinski definition) is 4. The molecule has 0 aromatic heterocycles. The number of ether oxygens (including phenoxy) is 1. The maximum absolute atomic E-state index is 9.40. The van der Waals surface area contributed by atoms with E-state index in [1.165, 1.54) is 13.0 Å². The predicted molar refractivity (Wildman–Crippen MR) is 42.0 cm³/mol. The Morgan fingerprint density at radius 2 is 2.08 bits per heavy atom. The summed E-state index contributed by atoms with van der Waals surface area (Å²) < 4.78 is 4.93. The van der Waals surface area contributed by atoms with Crippen molar-refractivity contribution in [3.63, 3.8) is 0 Å². The first-order chi connectivity index (χ1) is 5.52. The van der Waals surface area contributed by atoms with Gasteiger partial charge in [-0.3, -0.25) is 0 Å². The second-order valence-corrected chi connectivity index (χ2v) is 3.09. The molecular formula is C8H14O4. The van der Waals surface area contributed by atoms with Crippen molar-refractivity contribution in [1.82, 2.24) is 0 Å². The van der Waals surface area contributed by atoms with Gasteiger partial charge in [0.15, 0.2) is 0 Å². The van der Waals surface area contributed by atoms with Crippen LogP contribution < -0.4 is 0 Å². The standard InChI is InChI=1S/C8H14O4/c1-4-3-6(10)7(5(2)9)8(11)12-4/h3,5-11H,1-2H3. The van der Waals surface area contributed by atoms with Gasteiger partial charge < -0.3 is 20.1 Å². The minimum absolute atomic E-state index is 0.479. The molecule has 4 atom stereocenters. The second kappa shape index (κ2) is 3.43. The third-order valence-corrected chi connectivity index (χ3v) is 1.99. The van der Waals surface area contributed by atoms with E-state index in [1.54, 1.807) is 6.92 Å². The van der Waals surface area contributed by atoms with E-state index in [4.69, 9.17) is 4.74 Å². The maximum Gasteiger partial charge on any atom is 0.205 e. The summed E-state index contributed by atoms with van der Waals surface area (Å²) in [6, 6.07) is 0. The fourth-order valence-electron chi connectivity index (χ4n) is 1.35. The van der Waals surface area contributed by atoms with E-state index in [9.17, 15) is 15.3 Å². The molecule has 1 aliphatic heterocycles. The number of aliphatic hydroxyl groups is 3. The molecule has 0 bridgehead atoms. The summed E-state index contributed by atoms with van der Waals surface area (Å²) in [4.78, 5) is 0. The van der Waals surface area contributed by atoms with Crippen molar-refractivity contribution >= 4 is 0 Å². The monoisotopic (exact) mass is 174 g/mol. The number of allylic oxidation sites excluding steroid dienone is 1. The van der Waals surface area contributed by atoms with Crippen LogP contribution >= 0.6 is 0 Å². The van der Waals surface area contributed by atoms with Crippen LogP contribution in [0.3, 0.4) is 0 Å². The van der Waals surface area contributed by atoms with Gasteiger partial charge in [0.05, 0.1) is 23.9 Å². The molecule has 0 aliphatic carbocycles. The van der Waals surface area contributed by atoms with E-state index < -0.39 is 24.4 Å². The van der Waals surface area contributed by atoms with Gasteiger partial charge in [0.2, 0.25) is 6.29 Å². The highest BCUT2D eigenvalue weighted by Crippen LogP contribution is 2.24. The lowest BCUT2D eigenvalue weighted by molar-refractivity contribution is -0.166. The molecule has 0 amide bonds. The SMILES string of the molecule is CC1=CC(O)C(C(C)O)C(O)O1. The quantitative estimate of drug-likeness (QED) is 0.505. The Hall–Kier alpha value is -0.580. The van der Waals surface area contributed by atoms with Crippen molar-refractivity contribution in [2.45, 2.75) is 32.3 Å². The van der Waals surface area contributed by atoms with Crippen molar-refractivity contribution in [3.05, 3.63) is 11.8 Å². The lowest BCUT2D eigenvalue weighted by atomic mass is 9.94. The van der Waals surface area contributed by atoms with Gasteiger partial charge in [0, 0.05) is 0 Å². The molecule has 4 nitrogen and oxygen atoms in total. The number of rotatable bonds is 1. The molecule has 0 aromatic carbocycles. The fourth-order valence-corrected chi connectivity index (χ4v) is 1.35. The zero-order chi connectivity index (χ0) is 9.30. The number of aliphatic hydroxyl groups excluding tert-OH is 3. The average molecular weight is 174 g/mol. The van der Waals surface area contributed by atoms with Crippen molar-refractivity contribution in [2.75, 3.05) is 0 Å². The van der Waals surface area contributed by atoms with Gasteiger partial charge in [-0.1, -0.05) is 0 Å². The van der Waals surface area contributed by atoms with Crippen LogP contribution in [0.15, 0.2) is 11.8 Å². The molecule has 0 saturated carbocycles. The van der Waals surface area contributed by atoms with E-state index in [1.807, 2.05) is 0 Å². The Bertz CT molecular complexity index is 187. The van der Waals surface area contributed by atoms with Crippen LogP contribution in [0, 0.1) is 5.92 Å². The van der Waals surface area contributed by atoms with Gasteiger partial charge in [-0.05, 0) is 19.9 Å². The second-order valence-electron chi connectivity index (χ2n) is 3.09. The molecule has 70 valence electrons. The smallest absolute Gasteiger partial charge is 0.205 e. The molecule has 0 radical (unpaired) electrons. The Kier molecular flexibility index (Phi) is 2.72. The minimum Gasteiger partial charge on any atom is -0.470 e. The molecule has 0 aromatic rings.